The number of aromatic nitrogens is 3. The molecule has 0 atom stereocenters. The second-order valence-corrected chi connectivity index (χ2v) is 7.01. The number of rotatable bonds is 5. The van der Waals surface area contributed by atoms with Crippen LogP contribution in [0, 0.1) is 13.8 Å². The summed E-state index contributed by atoms with van der Waals surface area (Å²) >= 11 is 0. The van der Waals surface area contributed by atoms with E-state index in [4.69, 9.17) is 18.7 Å². The molecule has 0 N–H and O–H groups in total. The Bertz CT molecular complexity index is 1120. The number of aryl methyl sites for hydroxylation is 2. The van der Waals surface area contributed by atoms with Gasteiger partial charge in [-0.2, -0.15) is 0 Å². The maximum Gasteiger partial charge on any atom is 0.213 e. The highest BCUT2D eigenvalue weighted by molar-refractivity contribution is 5.93. The second kappa shape index (κ2) is 7.09. The van der Waals surface area contributed by atoms with Crippen molar-refractivity contribution in [3.05, 3.63) is 47.7 Å². The van der Waals surface area contributed by atoms with E-state index in [-0.39, 0.29) is 0 Å². The third kappa shape index (κ3) is 3.25. The van der Waals surface area contributed by atoms with Crippen molar-refractivity contribution in [2.24, 2.45) is 0 Å². The molecule has 4 aromatic heterocycles. The van der Waals surface area contributed by atoms with Crippen molar-refractivity contribution < 1.29 is 13.7 Å². The maximum absolute atomic E-state index is 6.17. The smallest absolute Gasteiger partial charge is 0.213 e. The van der Waals surface area contributed by atoms with Gasteiger partial charge in [0.2, 0.25) is 5.88 Å². The number of hydrogen-bond donors (Lipinski definition) is 0. The zero-order chi connectivity index (χ0) is 19.8. The summed E-state index contributed by atoms with van der Waals surface area (Å²) in [7, 11) is 5.61. The zero-order valence-corrected chi connectivity index (χ0v) is 16.6. The molecule has 4 rings (SSSR count). The van der Waals surface area contributed by atoms with Gasteiger partial charge in [0.25, 0.3) is 0 Å². The van der Waals surface area contributed by atoms with Gasteiger partial charge in [0.15, 0.2) is 5.58 Å². The molecule has 0 aromatic carbocycles. The molecule has 0 spiro atoms. The van der Waals surface area contributed by atoms with Crippen LogP contribution in [0.3, 0.4) is 0 Å². The molecule has 0 unspecified atom stereocenters. The average molecular weight is 378 g/mol. The van der Waals surface area contributed by atoms with Crippen LogP contribution in [-0.2, 0) is 6.54 Å². The first-order valence-corrected chi connectivity index (χ1v) is 8.98. The summed E-state index contributed by atoms with van der Waals surface area (Å²) in [6, 6.07) is 7.83. The molecule has 4 heterocycles. The minimum atomic E-state index is 0.523. The first-order valence-electron chi connectivity index (χ1n) is 8.98. The van der Waals surface area contributed by atoms with Crippen molar-refractivity contribution in [3.63, 3.8) is 0 Å². The van der Waals surface area contributed by atoms with Crippen LogP contribution in [0.1, 0.15) is 17.2 Å². The van der Waals surface area contributed by atoms with E-state index in [0.29, 0.717) is 12.4 Å². The van der Waals surface area contributed by atoms with Crippen LogP contribution < -0.4 is 4.74 Å². The van der Waals surface area contributed by atoms with Crippen molar-refractivity contribution >= 4 is 11.0 Å². The van der Waals surface area contributed by atoms with E-state index in [1.165, 1.54) is 0 Å². The summed E-state index contributed by atoms with van der Waals surface area (Å²) in [4.78, 5) is 11.2. The predicted octanol–water partition coefficient (Wildman–Crippen LogP) is 4.23. The number of methoxy groups -OCH3 is 1. The van der Waals surface area contributed by atoms with Crippen LogP contribution in [0.15, 0.2) is 39.4 Å². The van der Waals surface area contributed by atoms with Crippen molar-refractivity contribution in [1.29, 1.82) is 0 Å². The largest absolute Gasteiger partial charge is 0.481 e. The summed E-state index contributed by atoms with van der Waals surface area (Å²) in [5.41, 5.74) is 4.85. The molecule has 0 saturated heterocycles. The van der Waals surface area contributed by atoms with E-state index in [2.05, 4.69) is 21.1 Å². The molecular formula is C21H22N4O3. The van der Waals surface area contributed by atoms with E-state index in [1.807, 2.05) is 46.1 Å². The Morgan fingerprint density at radius 1 is 1.14 bits per heavy atom. The lowest BCUT2D eigenvalue weighted by molar-refractivity contribution is 0.358. The summed E-state index contributed by atoms with van der Waals surface area (Å²) in [6.45, 7) is 4.51. The van der Waals surface area contributed by atoms with Crippen LogP contribution in [0.5, 0.6) is 5.88 Å². The summed E-state index contributed by atoms with van der Waals surface area (Å²) in [6.07, 6.45) is 1.70. The lowest BCUT2D eigenvalue weighted by Crippen LogP contribution is -2.09. The number of furan rings is 1. The van der Waals surface area contributed by atoms with Crippen LogP contribution in [0.2, 0.25) is 0 Å². The van der Waals surface area contributed by atoms with Gasteiger partial charge in [-0.05, 0) is 46.1 Å². The summed E-state index contributed by atoms with van der Waals surface area (Å²) in [5, 5.41) is 5.05. The monoisotopic (exact) mass is 378 g/mol. The van der Waals surface area contributed by atoms with Crippen LogP contribution in [0.25, 0.3) is 33.5 Å². The number of fused-ring (bicyclic) bond motifs is 1. The Morgan fingerprint density at radius 3 is 2.64 bits per heavy atom. The molecule has 0 aliphatic carbocycles. The Balaban J connectivity index is 1.98. The highest BCUT2D eigenvalue weighted by atomic mass is 16.5. The van der Waals surface area contributed by atoms with Crippen LogP contribution in [0.4, 0.5) is 0 Å². The Labute approximate surface area is 162 Å². The SMILES string of the molecule is COc1cc(-c2nc(-c3c(C)noc3C)cc3cc(CN(C)C)oc23)ccn1. The van der Waals surface area contributed by atoms with Crippen molar-refractivity contribution in [2.45, 2.75) is 20.4 Å². The van der Waals surface area contributed by atoms with Crippen LogP contribution in [-0.4, -0.2) is 41.2 Å². The third-order valence-corrected chi connectivity index (χ3v) is 4.53. The summed E-state index contributed by atoms with van der Waals surface area (Å²) in [5.74, 6) is 2.13. The lowest BCUT2D eigenvalue weighted by Gasteiger charge is -2.08. The molecule has 0 radical (unpaired) electrons. The second-order valence-electron chi connectivity index (χ2n) is 7.01. The zero-order valence-electron chi connectivity index (χ0n) is 16.6. The highest BCUT2D eigenvalue weighted by Gasteiger charge is 2.19. The average Bonchev–Trinajstić information content (AvgIpc) is 3.22. The van der Waals surface area contributed by atoms with Gasteiger partial charge < -0.3 is 18.6 Å². The number of ether oxygens (including phenoxy) is 1. The van der Waals surface area contributed by atoms with E-state index in [0.717, 1.165) is 50.7 Å². The van der Waals surface area contributed by atoms with Crippen molar-refractivity contribution in [2.75, 3.05) is 21.2 Å². The van der Waals surface area contributed by atoms with Crippen molar-refractivity contribution in [3.8, 4) is 28.4 Å². The van der Waals surface area contributed by atoms with Crippen LogP contribution >= 0.6 is 0 Å². The molecule has 4 aromatic rings. The van der Waals surface area contributed by atoms with Gasteiger partial charge in [0, 0.05) is 23.2 Å². The van der Waals surface area contributed by atoms with Gasteiger partial charge in [0.05, 0.1) is 30.6 Å². The van der Waals surface area contributed by atoms with E-state index < -0.39 is 0 Å². The number of nitrogens with zero attached hydrogens (tertiary/aromatic N) is 4. The molecule has 0 amide bonds. The van der Waals surface area contributed by atoms with E-state index >= 15 is 0 Å². The Hall–Kier alpha value is -3.19. The van der Waals surface area contributed by atoms with Gasteiger partial charge in [-0.1, -0.05) is 5.16 Å². The standard InChI is InChI=1S/C21H22N4O3/c1-12-19(13(2)28-24-12)17-9-15-8-16(11-25(3)4)27-21(15)20(23-17)14-6-7-22-18(10-14)26-5/h6-10H,11H2,1-5H3. The molecule has 0 fully saturated rings. The van der Waals surface area contributed by atoms with Gasteiger partial charge in [-0.15, -0.1) is 0 Å². The topological polar surface area (TPSA) is 77.4 Å². The molecule has 0 saturated carbocycles. The predicted molar refractivity (Wildman–Crippen MR) is 106 cm³/mol. The fourth-order valence-electron chi connectivity index (χ4n) is 3.33. The molecule has 0 aliphatic rings. The van der Waals surface area contributed by atoms with E-state index in [1.54, 1.807) is 13.3 Å². The summed E-state index contributed by atoms with van der Waals surface area (Å²) < 4.78 is 16.8. The molecule has 0 bridgehead atoms. The first kappa shape index (κ1) is 18.2. The van der Waals surface area contributed by atoms with Gasteiger partial charge in [-0.25, -0.2) is 9.97 Å². The number of hydrogen-bond acceptors (Lipinski definition) is 7. The molecule has 144 valence electrons. The quantitative estimate of drug-likeness (QED) is 0.514. The van der Waals surface area contributed by atoms with Gasteiger partial charge in [-0.3, -0.25) is 0 Å². The van der Waals surface area contributed by atoms with Gasteiger partial charge in [0.1, 0.15) is 17.2 Å². The van der Waals surface area contributed by atoms with E-state index in [9.17, 15) is 0 Å². The molecule has 28 heavy (non-hydrogen) atoms. The third-order valence-electron chi connectivity index (χ3n) is 4.53. The number of pyridine rings is 2. The molecular weight excluding hydrogens is 356 g/mol. The fourth-order valence-corrected chi connectivity index (χ4v) is 3.33. The Morgan fingerprint density at radius 2 is 1.96 bits per heavy atom. The molecule has 7 nitrogen and oxygen atoms in total. The minimum Gasteiger partial charge on any atom is -0.481 e. The maximum atomic E-state index is 6.17. The van der Waals surface area contributed by atoms with Crippen molar-refractivity contribution in [1.82, 2.24) is 20.0 Å². The highest BCUT2D eigenvalue weighted by Crippen LogP contribution is 2.35. The Kier molecular flexibility index (Phi) is 4.60. The van der Waals surface area contributed by atoms with Gasteiger partial charge >= 0.3 is 0 Å². The normalized spacial score (nSPS) is 11.5. The first-order chi connectivity index (χ1) is 13.5. The minimum absolute atomic E-state index is 0.523. The molecule has 0 aliphatic heterocycles. The lowest BCUT2D eigenvalue weighted by atomic mass is 10.1. The molecule has 7 heteroatoms. The fraction of sp³-hybridized carbons (Fsp3) is 0.286.